The summed E-state index contributed by atoms with van der Waals surface area (Å²) < 4.78 is 9.24. The fourth-order valence-corrected chi connectivity index (χ4v) is 14.0. The summed E-state index contributed by atoms with van der Waals surface area (Å²) in [4.78, 5) is 5.40. The number of hydrogen-bond acceptors (Lipinski definition) is 4. The molecular weight excluding hydrogens is 747 g/mol. The molecule has 7 aromatic rings. The monoisotopic (exact) mass is 798 g/mol. The van der Waals surface area contributed by atoms with E-state index in [0.29, 0.717) is 0 Å². The van der Waals surface area contributed by atoms with Gasteiger partial charge in [-0.05, 0) is 131 Å². The molecule has 0 bridgehead atoms. The first kappa shape index (κ1) is 35.7. The number of anilines is 5. The molecule has 0 radical (unpaired) electrons. The molecule has 292 valence electrons. The van der Waals surface area contributed by atoms with Gasteiger partial charge in [0.05, 0.1) is 11.2 Å². The molecule has 0 N–H and O–H groups in total. The number of hydrogen-bond donors (Lipinski definition) is 0. The second kappa shape index (κ2) is 11.1. The molecule has 2 unspecified atom stereocenters. The van der Waals surface area contributed by atoms with E-state index in [2.05, 4.69) is 151 Å². The summed E-state index contributed by atoms with van der Waals surface area (Å²) in [5.74, 6) is 0. The molecule has 5 aliphatic rings. The zero-order valence-electron chi connectivity index (χ0n) is 35.4. The summed E-state index contributed by atoms with van der Waals surface area (Å²) in [5, 5.41) is 4.43. The van der Waals surface area contributed by atoms with Crippen LogP contribution in [-0.4, -0.2) is 12.3 Å². The molecule has 58 heavy (non-hydrogen) atoms. The van der Waals surface area contributed by atoms with E-state index in [4.69, 9.17) is 16.0 Å². The Balaban J connectivity index is 1.23. The van der Waals surface area contributed by atoms with Gasteiger partial charge in [0.25, 0.3) is 6.71 Å². The van der Waals surface area contributed by atoms with E-state index < -0.39 is 0 Å². The summed E-state index contributed by atoms with van der Waals surface area (Å²) in [5.41, 5.74) is 17.3. The van der Waals surface area contributed by atoms with Crippen LogP contribution in [0, 0.1) is 0 Å². The van der Waals surface area contributed by atoms with Crippen LogP contribution in [-0.2, 0) is 21.7 Å². The molecule has 0 saturated heterocycles. The van der Waals surface area contributed by atoms with Crippen molar-refractivity contribution in [1.82, 2.24) is 0 Å². The summed E-state index contributed by atoms with van der Waals surface area (Å²) in [6.45, 7) is 22.3. The van der Waals surface area contributed by atoms with Crippen LogP contribution in [0.25, 0.3) is 32.0 Å². The lowest BCUT2D eigenvalue weighted by molar-refractivity contribution is 0.195. The number of benzene rings is 5. The maximum atomic E-state index is 7.46. The number of nitrogens with zero attached hydrogens (tertiary/aromatic N) is 2. The van der Waals surface area contributed by atoms with Gasteiger partial charge in [-0.15, -0.1) is 11.3 Å². The Kier molecular flexibility index (Phi) is 6.86. The fourth-order valence-electron chi connectivity index (χ4n) is 12.4. The van der Waals surface area contributed by atoms with Crippen LogP contribution in [0.3, 0.4) is 0 Å². The molecule has 0 spiro atoms. The zero-order valence-corrected chi connectivity index (χ0v) is 37.0. The zero-order chi connectivity index (χ0) is 40.1. The highest BCUT2D eigenvalue weighted by atomic mass is 35.5. The van der Waals surface area contributed by atoms with Crippen LogP contribution < -0.4 is 25.5 Å². The number of furan rings is 1. The van der Waals surface area contributed by atoms with Crippen molar-refractivity contribution in [2.24, 2.45) is 0 Å². The van der Waals surface area contributed by atoms with E-state index in [9.17, 15) is 0 Å². The van der Waals surface area contributed by atoms with Gasteiger partial charge in [0, 0.05) is 58.8 Å². The summed E-state index contributed by atoms with van der Waals surface area (Å²) >= 11 is 9.50. The van der Waals surface area contributed by atoms with Crippen LogP contribution >= 0.6 is 22.9 Å². The maximum Gasteiger partial charge on any atom is 0.264 e. The molecule has 3 aliphatic heterocycles. The minimum atomic E-state index is -0.0711. The van der Waals surface area contributed by atoms with Gasteiger partial charge in [0.15, 0.2) is 0 Å². The van der Waals surface area contributed by atoms with Gasteiger partial charge in [-0.2, -0.15) is 0 Å². The van der Waals surface area contributed by atoms with Crippen LogP contribution in [0.2, 0.25) is 5.02 Å². The SMILES string of the molecule is CC(C)(C)c1cc2c3c(c1)C1(C)CCCCC1(C)N3c1cc(Cl)cc3c1B2c1sc2cc4c(cc2c1N3c1ccc2oc3ccccc3c2c1)C(C)(C)CCC4(C)C. The Morgan fingerprint density at radius 3 is 2.17 bits per heavy atom. The molecule has 6 heteroatoms. The molecule has 1 fully saturated rings. The number of para-hydroxylation sites is 1. The quantitative estimate of drug-likeness (QED) is 0.154. The molecule has 5 heterocycles. The summed E-state index contributed by atoms with van der Waals surface area (Å²) in [6.07, 6.45) is 7.25. The van der Waals surface area contributed by atoms with Gasteiger partial charge < -0.3 is 14.2 Å². The highest BCUT2D eigenvalue weighted by Gasteiger charge is 2.62. The van der Waals surface area contributed by atoms with E-state index in [0.717, 1.165) is 39.1 Å². The van der Waals surface area contributed by atoms with Crippen molar-refractivity contribution in [3.05, 3.63) is 106 Å². The third-order valence-corrected chi connectivity index (χ3v) is 17.5. The van der Waals surface area contributed by atoms with Crippen molar-refractivity contribution >= 4 is 106 Å². The Hall–Kier alpha value is -4.19. The molecule has 2 aromatic heterocycles. The van der Waals surface area contributed by atoms with Gasteiger partial charge in [-0.1, -0.05) is 110 Å². The third-order valence-electron chi connectivity index (χ3n) is 16.0. The van der Waals surface area contributed by atoms with Crippen molar-refractivity contribution in [1.29, 1.82) is 0 Å². The van der Waals surface area contributed by atoms with Gasteiger partial charge in [0.2, 0.25) is 0 Å². The smallest absolute Gasteiger partial charge is 0.264 e. The lowest BCUT2D eigenvalue weighted by Gasteiger charge is -2.52. The van der Waals surface area contributed by atoms with E-state index in [-0.39, 0.29) is 33.9 Å². The summed E-state index contributed by atoms with van der Waals surface area (Å²) in [6, 6.07) is 30.3. The van der Waals surface area contributed by atoms with Crippen LogP contribution in [0.1, 0.15) is 123 Å². The molecule has 3 nitrogen and oxygen atoms in total. The van der Waals surface area contributed by atoms with Crippen molar-refractivity contribution in [3.8, 4) is 0 Å². The van der Waals surface area contributed by atoms with Gasteiger partial charge >= 0.3 is 0 Å². The van der Waals surface area contributed by atoms with Crippen molar-refractivity contribution in [3.63, 3.8) is 0 Å². The van der Waals surface area contributed by atoms with E-state index in [1.165, 1.54) is 97.3 Å². The van der Waals surface area contributed by atoms with E-state index in [1.807, 2.05) is 11.3 Å². The second-order valence-corrected chi connectivity index (χ2v) is 22.8. The average molecular weight is 799 g/mol. The number of rotatable bonds is 1. The molecule has 1 saturated carbocycles. The van der Waals surface area contributed by atoms with Crippen molar-refractivity contribution < 1.29 is 4.42 Å². The normalized spacial score (nSPS) is 23.6. The highest BCUT2D eigenvalue weighted by molar-refractivity contribution is 7.33. The molecule has 2 aliphatic carbocycles. The Morgan fingerprint density at radius 1 is 0.690 bits per heavy atom. The third kappa shape index (κ3) is 4.38. The van der Waals surface area contributed by atoms with Crippen molar-refractivity contribution in [2.75, 3.05) is 9.80 Å². The molecular formula is C52H52BClN2OS. The standard InChI is InChI=1S/C52H52BClN2OS/c1-48(2,3)29-22-37-46-38(23-29)53-44-39(24-30(54)25-40(44)56(46)52(9)19-13-12-18-51(37,52)8)55(31-16-17-42-33(26-31)32-14-10-11-15-41(32)57-42)45-34-27-35-36(28-43(34)58-47(45)53)50(6,7)21-20-49(35,4)5/h10-11,14-17,22-28H,12-13,18-21H2,1-9H3. The lowest BCUT2D eigenvalue weighted by Crippen LogP contribution is -2.64. The predicted molar refractivity (Wildman–Crippen MR) is 250 cm³/mol. The Labute approximate surface area is 352 Å². The largest absolute Gasteiger partial charge is 0.456 e. The fraction of sp³-hybridized carbons (Fsp3) is 0.385. The van der Waals surface area contributed by atoms with E-state index in [1.54, 1.807) is 5.56 Å². The first-order valence-corrected chi connectivity index (χ1v) is 22.9. The Morgan fingerprint density at radius 2 is 1.40 bits per heavy atom. The van der Waals surface area contributed by atoms with Gasteiger partial charge in [-0.25, -0.2) is 0 Å². The summed E-state index contributed by atoms with van der Waals surface area (Å²) in [7, 11) is 0. The average Bonchev–Trinajstić information content (AvgIpc) is 3.80. The van der Waals surface area contributed by atoms with Gasteiger partial charge in [0.1, 0.15) is 11.2 Å². The highest BCUT2D eigenvalue weighted by Crippen LogP contribution is 2.63. The first-order valence-electron chi connectivity index (χ1n) is 21.7. The van der Waals surface area contributed by atoms with Crippen LogP contribution in [0.5, 0.6) is 0 Å². The molecule has 5 aromatic carbocycles. The predicted octanol–water partition coefficient (Wildman–Crippen LogP) is 13.5. The molecule has 12 rings (SSSR count). The van der Waals surface area contributed by atoms with E-state index >= 15 is 0 Å². The molecule has 2 atom stereocenters. The minimum Gasteiger partial charge on any atom is -0.456 e. The number of thiophene rings is 1. The van der Waals surface area contributed by atoms with Crippen LogP contribution in [0.4, 0.5) is 28.4 Å². The minimum absolute atomic E-state index is 0.00613. The van der Waals surface area contributed by atoms with Crippen LogP contribution in [0.15, 0.2) is 83.3 Å². The topological polar surface area (TPSA) is 19.6 Å². The maximum absolute atomic E-state index is 7.46. The Bertz CT molecular complexity index is 2980. The van der Waals surface area contributed by atoms with Gasteiger partial charge in [-0.3, -0.25) is 0 Å². The molecule has 0 amide bonds. The van der Waals surface area contributed by atoms with Crippen molar-refractivity contribution in [2.45, 2.75) is 128 Å². The lowest BCUT2D eigenvalue weighted by atomic mass is 9.36. The number of halogens is 1. The first-order chi connectivity index (χ1) is 27.5. The second-order valence-electron chi connectivity index (χ2n) is 21.2. The number of fused-ring (bicyclic) bond motifs is 13.